The maximum Gasteiger partial charge on any atom is 0.309 e. The molecule has 0 aromatic heterocycles. The summed E-state index contributed by atoms with van der Waals surface area (Å²) < 4.78 is 16.0. The second kappa shape index (κ2) is 6.06. The van der Waals surface area contributed by atoms with E-state index in [0.29, 0.717) is 6.42 Å². The Bertz CT molecular complexity index is 593. The summed E-state index contributed by atoms with van der Waals surface area (Å²) in [6.07, 6.45) is 0.930. The van der Waals surface area contributed by atoms with Crippen LogP contribution in [0.15, 0.2) is 30.3 Å². The van der Waals surface area contributed by atoms with Gasteiger partial charge in [-0.15, -0.1) is 0 Å². The first-order valence-electron chi connectivity index (χ1n) is 7.85. The van der Waals surface area contributed by atoms with Gasteiger partial charge < -0.3 is 14.2 Å². The standard InChI is InChI=1S/C18H22O5/c1-21-17(20)16-13-10-15(19)18(22-2,23-3)14(16)9-12(13)11-7-5-4-6-8-11/h4-8,12-14,16H,9-10H2,1-3H3/t12-,13-,14+,16-/m1/s1. The van der Waals surface area contributed by atoms with E-state index >= 15 is 0 Å². The van der Waals surface area contributed by atoms with Crippen LogP contribution in [0.2, 0.25) is 0 Å². The maximum absolute atomic E-state index is 12.7. The highest BCUT2D eigenvalue weighted by Crippen LogP contribution is 2.57. The number of ketones is 1. The summed E-state index contributed by atoms with van der Waals surface area (Å²) in [6, 6.07) is 10.0. The van der Waals surface area contributed by atoms with Crippen molar-refractivity contribution in [1.29, 1.82) is 0 Å². The van der Waals surface area contributed by atoms with Crippen LogP contribution in [0.5, 0.6) is 0 Å². The quantitative estimate of drug-likeness (QED) is 0.629. The van der Waals surface area contributed by atoms with Crippen LogP contribution in [0.25, 0.3) is 0 Å². The first-order valence-corrected chi connectivity index (χ1v) is 7.85. The van der Waals surface area contributed by atoms with Crippen LogP contribution in [-0.2, 0) is 23.8 Å². The minimum absolute atomic E-state index is 0.0687. The summed E-state index contributed by atoms with van der Waals surface area (Å²) in [5.41, 5.74) is 1.14. The van der Waals surface area contributed by atoms with Gasteiger partial charge in [0, 0.05) is 26.6 Å². The average molecular weight is 318 g/mol. The monoisotopic (exact) mass is 318 g/mol. The van der Waals surface area contributed by atoms with Crippen molar-refractivity contribution in [3.05, 3.63) is 35.9 Å². The molecule has 2 fully saturated rings. The van der Waals surface area contributed by atoms with Gasteiger partial charge >= 0.3 is 5.97 Å². The Hall–Kier alpha value is -1.72. The van der Waals surface area contributed by atoms with Gasteiger partial charge in [0.2, 0.25) is 5.79 Å². The van der Waals surface area contributed by atoms with E-state index in [1.807, 2.05) is 30.3 Å². The van der Waals surface area contributed by atoms with Gasteiger partial charge in [0.05, 0.1) is 13.0 Å². The van der Waals surface area contributed by atoms with Gasteiger partial charge in [0.15, 0.2) is 5.78 Å². The number of ether oxygens (including phenoxy) is 3. The molecule has 1 aromatic rings. The lowest BCUT2D eigenvalue weighted by Gasteiger charge is -2.41. The summed E-state index contributed by atoms with van der Waals surface area (Å²) in [4.78, 5) is 25.1. The average Bonchev–Trinajstić information content (AvgIpc) is 2.90. The molecule has 0 N–H and O–H groups in total. The minimum Gasteiger partial charge on any atom is -0.469 e. The van der Waals surface area contributed by atoms with Crippen molar-refractivity contribution < 1.29 is 23.8 Å². The van der Waals surface area contributed by atoms with Gasteiger partial charge in [-0.05, 0) is 23.8 Å². The summed E-state index contributed by atoms with van der Waals surface area (Å²) >= 11 is 0. The molecule has 2 saturated carbocycles. The van der Waals surface area contributed by atoms with Crippen molar-refractivity contribution in [1.82, 2.24) is 0 Å². The number of rotatable bonds is 4. The van der Waals surface area contributed by atoms with Gasteiger partial charge in [-0.2, -0.15) is 0 Å². The van der Waals surface area contributed by atoms with E-state index in [1.54, 1.807) is 0 Å². The fourth-order valence-electron chi connectivity index (χ4n) is 4.54. The second-order valence-corrected chi connectivity index (χ2v) is 6.28. The van der Waals surface area contributed by atoms with Crippen LogP contribution in [0.4, 0.5) is 0 Å². The number of fused-ring (bicyclic) bond motifs is 2. The highest BCUT2D eigenvalue weighted by Gasteiger charge is 2.64. The first-order chi connectivity index (χ1) is 11.1. The summed E-state index contributed by atoms with van der Waals surface area (Å²) in [5.74, 6) is -2.38. The molecule has 0 amide bonds. The Labute approximate surface area is 135 Å². The van der Waals surface area contributed by atoms with Gasteiger partial charge in [-0.3, -0.25) is 9.59 Å². The lowest BCUT2D eigenvalue weighted by Crippen LogP contribution is -2.56. The molecular weight excluding hydrogens is 296 g/mol. The topological polar surface area (TPSA) is 61.8 Å². The number of methoxy groups -OCH3 is 3. The van der Waals surface area contributed by atoms with Gasteiger partial charge in [-0.1, -0.05) is 30.3 Å². The van der Waals surface area contributed by atoms with Crippen LogP contribution in [0.1, 0.15) is 24.3 Å². The molecule has 0 unspecified atom stereocenters. The van der Waals surface area contributed by atoms with Crippen LogP contribution < -0.4 is 0 Å². The molecule has 5 heteroatoms. The zero-order valence-corrected chi connectivity index (χ0v) is 13.7. The molecule has 23 heavy (non-hydrogen) atoms. The summed E-state index contributed by atoms with van der Waals surface area (Å²) in [6.45, 7) is 0. The number of esters is 1. The molecular formula is C18H22O5. The molecule has 1 aromatic carbocycles. The molecule has 0 heterocycles. The molecule has 124 valence electrons. The van der Waals surface area contributed by atoms with Crippen molar-refractivity contribution in [3.8, 4) is 0 Å². The fraction of sp³-hybridized carbons (Fsp3) is 0.556. The molecule has 0 saturated heterocycles. The van der Waals surface area contributed by atoms with E-state index in [4.69, 9.17) is 14.2 Å². The molecule has 2 bridgehead atoms. The second-order valence-electron chi connectivity index (χ2n) is 6.28. The van der Waals surface area contributed by atoms with Crippen molar-refractivity contribution in [2.24, 2.45) is 17.8 Å². The molecule has 2 aliphatic rings. The van der Waals surface area contributed by atoms with Crippen LogP contribution in [0, 0.1) is 17.8 Å². The number of carbonyl (C=O) groups is 2. The van der Waals surface area contributed by atoms with Crippen LogP contribution in [-0.4, -0.2) is 38.9 Å². The molecule has 2 aliphatic carbocycles. The highest BCUT2D eigenvalue weighted by atomic mass is 16.7. The molecule has 0 spiro atoms. The maximum atomic E-state index is 12.7. The first kappa shape index (κ1) is 16.1. The Balaban J connectivity index is 2.05. The lowest BCUT2D eigenvalue weighted by molar-refractivity contribution is -0.244. The normalized spacial score (nSPS) is 31.9. The van der Waals surface area contributed by atoms with E-state index in [9.17, 15) is 9.59 Å². The van der Waals surface area contributed by atoms with E-state index in [0.717, 1.165) is 5.56 Å². The third-order valence-corrected chi connectivity index (χ3v) is 5.52. The van der Waals surface area contributed by atoms with Gasteiger partial charge in [0.25, 0.3) is 0 Å². The summed E-state index contributed by atoms with van der Waals surface area (Å²) in [7, 11) is 4.31. The highest BCUT2D eigenvalue weighted by molar-refractivity contribution is 5.90. The third kappa shape index (κ3) is 2.30. The van der Waals surface area contributed by atoms with Crippen molar-refractivity contribution in [3.63, 3.8) is 0 Å². The van der Waals surface area contributed by atoms with Crippen molar-refractivity contribution in [2.45, 2.75) is 24.5 Å². The lowest BCUT2D eigenvalue weighted by atomic mass is 9.72. The SMILES string of the molecule is COC(=O)[C@@H]1[C@@H]2CC(=O)C(OC)(OC)[C@H]1C[C@@H]2c1ccccc1. The Kier molecular flexibility index (Phi) is 4.25. The fourth-order valence-corrected chi connectivity index (χ4v) is 4.54. The third-order valence-electron chi connectivity index (χ3n) is 5.52. The van der Waals surface area contributed by atoms with E-state index < -0.39 is 5.79 Å². The van der Waals surface area contributed by atoms with Crippen LogP contribution in [0.3, 0.4) is 0 Å². The van der Waals surface area contributed by atoms with Crippen molar-refractivity contribution in [2.75, 3.05) is 21.3 Å². The van der Waals surface area contributed by atoms with Crippen LogP contribution >= 0.6 is 0 Å². The molecule has 3 rings (SSSR count). The number of benzene rings is 1. The molecule has 0 radical (unpaired) electrons. The van der Waals surface area contributed by atoms with E-state index in [2.05, 4.69) is 0 Å². The Morgan fingerprint density at radius 2 is 1.78 bits per heavy atom. The smallest absolute Gasteiger partial charge is 0.309 e. The number of hydrogen-bond donors (Lipinski definition) is 0. The zero-order chi connectivity index (χ0) is 16.6. The van der Waals surface area contributed by atoms with E-state index in [1.165, 1.54) is 21.3 Å². The Morgan fingerprint density at radius 1 is 1.13 bits per heavy atom. The Morgan fingerprint density at radius 3 is 2.35 bits per heavy atom. The predicted octanol–water partition coefficient (Wildman–Crippen LogP) is 2.16. The van der Waals surface area contributed by atoms with E-state index in [-0.39, 0.29) is 41.8 Å². The minimum atomic E-state index is -1.35. The molecule has 4 atom stereocenters. The summed E-state index contributed by atoms with van der Waals surface area (Å²) in [5, 5.41) is 0. The number of hydrogen-bond acceptors (Lipinski definition) is 5. The number of carbonyl (C=O) groups excluding carboxylic acids is 2. The van der Waals surface area contributed by atoms with Crippen molar-refractivity contribution >= 4 is 11.8 Å². The van der Waals surface area contributed by atoms with Gasteiger partial charge in [-0.25, -0.2) is 0 Å². The molecule has 0 aliphatic heterocycles. The molecule has 5 nitrogen and oxygen atoms in total. The number of Topliss-reactive ketones (excluding diaryl/α,β-unsaturated/α-hetero) is 1. The zero-order valence-electron chi connectivity index (χ0n) is 13.7. The largest absolute Gasteiger partial charge is 0.469 e. The van der Waals surface area contributed by atoms with Gasteiger partial charge in [0.1, 0.15) is 0 Å². The predicted molar refractivity (Wildman–Crippen MR) is 82.7 cm³/mol.